The van der Waals surface area contributed by atoms with Crippen LogP contribution in [0.5, 0.6) is 23.5 Å². The Bertz CT molecular complexity index is 1560. The summed E-state index contributed by atoms with van der Waals surface area (Å²) in [6, 6.07) is 23.1. The highest BCUT2D eigenvalue weighted by Crippen LogP contribution is 2.29. The van der Waals surface area contributed by atoms with Gasteiger partial charge in [0.1, 0.15) is 19.3 Å². The zero-order valence-corrected chi connectivity index (χ0v) is 24.9. The van der Waals surface area contributed by atoms with Crippen molar-refractivity contribution in [3.63, 3.8) is 0 Å². The Morgan fingerprint density at radius 1 is 0.727 bits per heavy atom. The van der Waals surface area contributed by atoms with E-state index in [1.54, 1.807) is 26.4 Å². The van der Waals surface area contributed by atoms with Gasteiger partial charge in [-0.15, -0.1) is 0 Å². The van der Waals surface area contributed by atoms with Gasteiger partial charge in [-0.25, -0.2) is 0 Å². The van der Waals surface area contributed by atoms with Crippen LogP contribution in [-0.2, 0) is 26.3 Å². The summed E-state index contributed by atoms with van der Waals surface area (Å²) in [4.78, 5) is 8.89. The Hall–Kier alpha value is -4.73. The van der Waals surface area contributed by atoms with E-state index < -0.39 is 0 Å². The summed E-state index contributed by atoms with van der Waals surface area (Å²) in [5.74, 6) is 1.69. The van der Waals surface area contributed by atoms with Crippen LogP contribution in [0, 0.1) is 11.3 Å². The predicted molar refractivity (Wildman–Crippen MR) is 164 cm³/mol. The molecule has 0 fully saturated rings. The average Bonchev–Trinajstić information content (AvgIpc) is 3.07. The van der Waals surface area contributed by atoms with E-state index in [9.17, 15) is 5.26 Å². The SMILES string of the molecule is COc1nc(OCc2cccc(-c3cccc(COc4ccc(CNCCO)c(OC)n4)c3C#N)c2)ccc1CNCCO. The highest BCUT2D eigenvalue weighted by molar-refractivity contribution is 5.72. The number of nitrogens with one attached hydrogen (secondary N) is 2. The van der Waals surface area contributed by atoms with Gasteiger partial charge >= 0.3 is 0 Å². The minimum atomic E-state index is 0.0445. The molecule has 2 aromatic carbocycles. The maximum absolute atomic E-state index is 10.1. The fourth-order valence-corrected chi connectivity index (χ4v) is 4.52. The van der Waals surface area contributed by atoms with E-state index in [0.29, 0.717) is 55.3 Å². The first-order chi connectivity index (χ1) is 21.6. The number of aliphatic hydroxyl groups excluding tert-OH is 2. The van der Waals surface area contributed by atoms with Gasteiger partial charge in [-0.1, -0.05) is 36.4 Å². The molecule has 230 valence electrons. The number of pyridine rings is 2. The van der Waals surface area contributed by atoms with Gasteiger partial charge in [0.25, 0.3) is 0 Å². The number of aromatic nitrogens is 2. The Balaban J connectivity index is 1.45. The third-order valence-corrected chi connectivity index (χ3v) is 6.68. The topological polar surface area (TPSA) is 151 Å². The smallest absolute Gasteiger partial charge is 0.220 e. The first kappa shape index (κ1) is 32.2. The maximum atomic E-state index is 10.1. The van der Waals surface area contributed by atoms with Crippen LogP contribution in [0.3, 0.4) is 0 Å². The molecule has 0 amide bonds. The van der Waals surface area contributed by atoms with Crippen LogP contribution in [0.1, 0.15) is 27.8 Å². The molecule has 0 aliphatic heterocycles. The van der Waals surface area contributed by atoms with Crippen molar-refractivity contribution in [3.05, 3.63) is 94.5 Å². The van der Waals surface area contributed by atoms with Crippen LogP contribution < -0.4 is 29.6 Å². The van der Waals surface area contributed by atoms with Gasteiger partial charge < -0.3 is 39.8 Å². The fraction of sp³-hybridized carbons (Fsp3) is 0.303. The van der Waals surface area contributed by atoms with Crippen molar-refractivity contribution in [1.82, 2.24) is 20.6 Å². The summed E-state index contributed by atoms with van der Waals surface area (Å²) in [5, 5.41) is 34.3. The second kappa shape index (κ2) is 16.8. The van der Waals surface area contributed by atoms with Gasteiger partial charge in [-0.3, -0.25) is 0 Å². The number of methoxy groups -OCH3 is 2. The molecule has 2 aromatic heterocycles. The molecule has 0 radical (unpaired) electrons. The lowest BCUT2D eigenvalue weighted by molar-refractivity contribution is 0.284. The molecule has 0 saturated heterocycles. The van der Waals surface area contributed by atoms with Crippen molar-refractivity contribution < 1.29 is 29.2 Å². The van der Waals surface area contributed by atoms with Crippen LogP contribution in [0.2, 0.25) is 0 Å². The fourth-order valence-electron chi connectivity index (χ4n) is 4.52. The molecule has 11 heteroatoms. The van der Waals surface area contributed by atoms with E-state index in [4.69, 9.17) is 29.2 Å². The molecule has 44 heavy (non-hydrogen) atoms. The molecule has 0 aliphatic carbocycles. The lowest BCUT2D eigenvalue weighted by atomic mass is 9.95. The second-order valence-electron chi connectivity index (χ2n) is 9.67. The average molecular weight is 600 g/mol. The Labute approximate surface area is 257 Å². The molecular weight excluding hydrogens is 562 g/mol. The summed E-state index contributed by atoms with van der Waals surface area (Å²) >= 11 is 0. The van der Waals surface area contributed by atoms with Crippen LogP contribution >= 0.6 is 0 Å². The molecule has 4 aromatic rings. The number of ether oxygens (including phenoxy) is 4. The number of benzene rings is 2. The zero-order valence-electron chi connectivity index (χ0n) is 24.9. The molecular formula is C33H37N5O6. The number of aliphatic hydroxyl groups is 2. The quantitative estimate of drug-likeness (QED) is 0.132. The first-order valence-electron chi connectivity index (χ1n) is 14.2. The number of hydrogen-bond donors (Lipinski definition) is 4. The van der Waals surface area contributed by atoms with Gasteiger partial charge in [0.05, 0.1) is 33.0 Å². The highest BCUT2D eigenvalue weighted by Gasteiger charge is 2.13. The van der Waals surface area contributed by atoms with E-state index in [1.165, 1.54) is 0 Å². The Kier molecular flexibility index (Phi) is 12.3. The molecule has 4 N–H and O–H groups in total. The second-order valence-corrected chi connectivity index (χ2v) is 9.67. The van der Waals surface area contributed by atoms with Crippen LogP contribution in [-0.4, -0.2) is 60.7 Å². The van der Waals surface area contributed by atoms with Gasteiger partial charge in [0.2, 0.25) is 23.5 Å². The number of nitriles is 1. The number of nitrogens with zero attached hydrogens (tertiary/aromatic N) is 3. The van der Waals surface area contributed by atoms with Crippen molar-refractivity contribution in [3.8, 4) is 40.7 Å². The third-order valence-electron chi connectivity index (χ3n) is 6.68. The molecule has 0 atom stereocenters. The van der Waals surface area contributed by atoms with Crippen LogP contribution in [0.4, 0.5) is 0 Å². The van der Waals surface area contributed by atoms with Gasteiger partial charge in [0.15, 0.2) is 0 Å². The van der Waals surface area contributed by atoms with Crippen LogP contribution in [0.15, 0.2) is 66.7 Å². The number of rotatable bonds is 17. The normalized spacial score (nSPS) is 10.7. The van der Waals surface area contributed by atoms with Gasteiger partial charge in [-0.2, -0.15) is 15.2 Å². The summed E-state index contributed by atoms with van der Waals surface area (Å²) in [6.07, 6.45) is 0. The molecule has 4 rings (SSSR count). The third kappa shape index (κ3) is 8.65. The lowest BCUT2D eigenvalue weighted by Gasteiger charge is -2.14. The van der Waals surface area contributed by atoms with E-state index in [2.05, 4.69) is 26.7 Å². The Morgan fingerprint density at radius 3 is 1.89 bits per heavy atom. The Morgan fingerprint density at radius 2 is 1.32 bits per heavy atom. The molecule has 0 bridgehead atoms. The van der Waals surface area contributed by atoms with E-state index in [0.717, 1.165) is 33.4 Å². The van der Waals surface area contributed by atoms with Crippen molar-refractivity contribution in [2.75, 3.05) is 40.5 Å². The standard InChI is InChI=1S/C33H37N5O6/c1-41-32-25(19-35-13-15-39)9-11-30(37-32)43-21-23-5-3-6-24(17-23)28-8-4-7-27(29(28)18-34)22-44-31-12-10-26(20-36-14-16-40)33(38-31)42-2/h3-12,17,35-36,39-40H,13-16,19-22H2,1-2H3. The minimum Gasteiger partial charge on any atom is -0.481 e. The molecule has 0 aliphatic rings. The molecule has 0 spiro atoms. The van der Waals surface area contributed by atoms with E-state index >= 15 is 0 Å². The van der Waals surface area contributed by atoms with Gasteiger partial charge in [-0.05, 0) is 34.9 Å². The number of hydrogen-bond acceptors (Lipinski definition) is 11. The van der Waals surface area contributed by atoms with E-state index in [1.807, 2.05) is 54.6 Å². The van der Waals surface area contributed by atoms with Crippen molar-refractivity contribution >= 4 is 0 Å². The van der Waals surface area contributed by atoms with Crippen molar-refractivity contribution in [2.45, 2.75) is 26.3 Å². The maximum Gasteiger partial charge on any atom is 0.220 e. The summed E-state index contributed by atoms with van der Waals surface area (Å²) < 4.78 is 22.7. The summed E-state index contributed by atoms with van der Waals surface area (Å²) in [7, 11) is 3.10. The molecule has 2 heterocycles. The summed E-state index contributed by atoms with van der Waals surface area (Å²) in [6.45, 7) is 2.49. The minimum absolute atomic E-state index is 0.0445. The first-order valence-corrected chi connectivity index (χ1v) is 14.2. The molecule has 0 saturated carbocycles. The predicted octanol–water partition coefficient (Wildman–Crippen LogP) is 3.35. The molecule has 11 nitrogen and oxygen atoms in total. The van der Waals surface area contributed by atoms with Gasteiger partial charge in [0, 0.05) is 55.0 Å². The lowest BCUT2D eigenvalue weighted by Crippen LogP contribution is -2.18. The largest absolute Gasteiger partial charge is 0.481 e. The van der Waals surface area contributed by atoms with Crippen molar-refractivity contribution in [2.24, 2.45) is 0 Å². The van der Waals surface area contributed by atoms with E-state index in [-0.39, 0.29) is 26.4 Å². The van der Waals surface area contributed by atoms with Crippen LogP contribution in [0.25, 0.3) is 11.1 Å². The zero-order chi connectivity index (χ0) is 31.1. The monoisotopic (exact) mass is 599 g/mol. The summed E-state index contributed by atoms with van der Waals surface area (Å²) in [5.41, 5.74) is 5.51. The highest BCUT2D eigenvalue weighted by atomic mass is 16.5. The van der Waals surface area contributed by atoms with Crippen molar-refractivity contribution in [1.29, 1.82) is 5.26 Å². The molecule has 0 unspecified atom stereocenters.